The van der Waals surface area contributed by atoms with Crippen molar-refractivity contribution in [3.8, 4) is 17.2 Å². The molecule has 1 aliphatic heterocycles. The summed E-state index contributed by atoms with van der Waals surface area (Å²) in [6, 6.07) is 3.55. The Morgan fingerprint density at radius 2 is 1.69 bits per heavy atom. The first-order valence-electron chi connectivity index (χ1n) is 9.96. The van der Waals surface area contributed by atoms with E-state index in [0.29, 0.717) is 49.3 Å². The predicted octanol–water partition coefficient (Wildman–Crippen LogP) is 2.23. The lowest BCUT2D eigenvalue weighted by Gasteiger charge is -2.21. The summed E-state index contributed by atoms with van der Waals surface area (Å²) in [7, 11) is 4.67. The van der Waals surface area contributed by atoms with Gasteiger partial charge in [-0.2, -0.15) is 0 Å². The Morgan fingerprint density at radius 3 is 2.17 bits per heavy atom. The number of likely N-dealkylation sites (tertiary alicyclic amines) is 1. The molecular formula is C21H33N3O5. The molecule has 0 radical (unpaired) electrons. The molecule has 0 saturated carbocycles. The number of carbonyl (C=O) groups excluding carboxylic acids is 2. The van der Waals surface area contributed by atoms with Gasteiger partial charge in [-0.05, 0) is 30.5 Å². The van der Waals surface area contributed by atoms with E-state index in [4.69, 9.17) is 14.2 Å². The van der Waals surface area contributed by atoms with Crippen molar-refractivity contribution in [2.45, 2.75) is 26.7 Å². The Labute approximate surface area is 172 Å². The van der Waals surface area contributed by atoms with Crippen LogP contribution < -0.4 is 24.8 Å². The Morgan fingerprint density at radius 1 is 1.07 bits per heavy atom. The lowest BCUT2D eigenvalue weighted by atomic mass is 9.87. The molecule has 0 aliphatic carbocycles. The fourth-order valence-electron chi connectivity index (χ4n) is 3.59. The molecule has 0 aromatic heterocycles. The minimum atomic E-state index is -0.362. The van der Waals surface area contributed by atoms with Gasteiger partial charge < -0.3 is 29.7 Å². The third-order valence-electron chi connectivity index (χ3n) is 5.07. The highest BCUT2D eigenvalue weighted by Gasteiger charge is 2.41. The molecular weight excluding hydrogens is 374 g/mol. The molecule has 1 aromatic carbocycles. The van der Waals surface area contributed by atoms with E-state index < -0.39 is 0 Å². The quantitative estimate of drug-likeness (QED) is 0.690. The number of carbonyl (C=O) groups is 2. The standard InChI is InChI=1S/C21H33N3O5/c1-7-22-21(26)24-11-15(16(12-24)20(25)23-10-13(2)3)14-8-17(27-4)19(29-6)18(9-14)28-5/h8-9,13,15-16H,7,10-12H2,1-6H3,(H,22,26)(H,23,25)/t15-,16-/m1/s1. The summed E-state index contributed by atoms with van der Waals surface area (Å²) in [5.41, 5.74) is 0.871. The second kappa shape index (κ2) is 10.2. The van der Waals surface area contributed by atoms with Crippen LogP contribution in [0.2, 0.25) is 0 Å². The average Bonchev–Trinajstić information content (AvgIpc) is 3.16. The zero-order valence-corrected chi connectivity index (χ0v) is 18.2. The number of nitrogens with one attached hydrogen (secondary N) is 2. The molecule has 1 saturated heterocycles. The molecule has 29 heavy (non-hydrogen) atoms. The van der Waals surface area contributed by atoms with Gasteiger partial charge in [-0.1, -0.05) is 13.8 Å². The van der Waals surface area contributed by atoms with Gasteiger partial charge in [-0.15, -0.1) is 0 Å². The molecule has 8 nitrogen and oxygen atoms in total. The van der Waals surface area contributed by atoms with E-state index in [9.17, 15) is 9.59 Å². The van der Waals surface area contributed by atoms with Crippen LogP contribution >= 0.6 is 0 Å². The van der Waals surface area contributed by atoms with E-state index in [1.807, 2.05) is 32.9 Å². The van der Waals surface area contributed by atoms with Crippen LogP contribution in [0.15, 0.2) is 12.1 Å². The van der Waals surface area contributed by atoms with Crippen LogP contribution in [-0.2, 0) is 4.79 Å². The van der Waals surface area contributed by atoms with Crippen LogP contribution in [0.3, 0.4) is 0 Å². The number of hydrogen-bond donors (Lipinski definition) is 2. The van der Waals surface area contributed by atoms with Gasteiger partial charge in [0.2, 0.25) is 11.7 Å². The Bertz CT molecular complexity index is 697. The third kappa shape index (κ3) is 5.25. The smallest absolute Gasteiger partial charge is 0.317 e. The van der Waals surface area contributed by atoms with Crippen molar-refractivity contribution < 1.29 is 23.8 Å². The largest absolute Gasteiger partial charge is 0.493 e. The first-order valence-corrected chi connectivity index (χ1v) is 9.96. The summed E-state index contributed by atoms with van der Waals surface area (Å²) in [4.78, 5) is 27.0. The van der Waals surface area contributed by atoms with Crippen molar-refractivity contribution in [3.05, 3.63) is 17.7 Å². The highest BCUT2D eigenvalue weighted by molar-refractivity contribution is 5.83. The van der Waals surface area contributed by atoms with Gasteiger partial charge in [-0.25, -0.2) is 4.79 Å². The number of ether oxygens (including phenoxy) is 3. The molecule has 0 unspecified atom stereocenters. The molecule has 1 aromatic rings. The van der Waals surface area contributed by atoms with E-state index in [1.54, 1.807) is 26.2 Å². The molecule has 1 heterocycles. The van der Waals surface area contributed by atoms with Crippen molar-refractivity contribution in [2.24, 2.45) is 11.8 Å². The van der Waals surface area contributed by atoms with Crippen LogP contribution in [0.5, 0.6) is 17.2 Å². The van der Waals surface area contributed by atoms with E-state index in [0.717, 1.165) is 5.56 Å². The van der Waals surface area contributed by atoms with Crippen molar-refractivity contribution >= 4 is 11.9 Å². The fraction of sp³-hybridized carbons (Fsp3) is 0.619. The first-order chi connectivity index (χ1) is 13.9. The molecule has 162 valence electrons. The first kappa shape index (κ1) is 22.6. The summed E-state index contributed by atoms with van der Waals surface area (Å²) in [5.74, 6) is 1.30. The molecule has 2 N–H and O–H groups in total. The van der Waals surface area contributed by atoms with Crippen LogP contribution in [-0.4, -0.2) is 64.3 Å². The van der Waals surface area contributed by atoms with Gasteiger partial charge in [-0.3, -0.25) is 4.79 Å². The van der Waals surface area contributed by atoms with E-state index in [2.05, 4.69) is 10.6 Å². The number of rotatable bonds is 8. The Hall–Kier alpha value is -2.64. The van der Waals surface area contributed by atoms with E-state index >= 15 is 0 Å². The van der Waals surface area contributed by atoms with Crippen LogP contribution in [0.4, 0.5) is 4.79 Å². The maximum absolute atomic E-state index is 12.9. The number of methoxy groups -OCH3 is 3. The predicted molar refractivity (Wildman–Crippen MR) is 111 cm³/mol. The van der Waals surface area contributed by atoms with Gasteiger partial charge in [0, 0.05) is 32.1 Å². The highest BCUT2D eigenvalue weighted by atomic mass is 16.5. The molecule has 0 bridgehead atoms. The van der Waals surface area contributed by atoms with Crippen LogP contribution in [0.25, 0.3) is 0 Å². The van der Waals surface area contributed by atoms with Gasteiger partial charge in [0.25, 0.3) is 0 Å². The number of amides is 3. The maximum atomic E-state index is 12.9. The zero-order chi connectivity index (χ0) is 21.6. The lowest BCUT2D eigenvalue weighted by Crippen LogP contribution is -2.40. The van der Waals surface area contributed by atoms with Crippen LogP contribution in [0, 0.1) is 11.8 Å². The van der Waals surface area contributed by atoms with Crippen molar-refractivity contribution in [1.82, 2.24) is 15.5 Å². The minimum Gasteiger partial charge on any atom is -0.493 e. The molecule has 1 aliphatic rings. The second-order valence-corrected chi connectivity index (χ2v) is 7.55. The molecule has 0 spiro atoms. The summed E-state index contributed by atoms with van der Waals surface area (Å²) in [5, 5.41) is 5.83. The second-order valence-electron chi connectivity index (χ2n) is 7.55. The number of hydrogen-bond acceptors (Lipinski definition) is 5. The van der Waals surface area contributed by atoms with Gasteiger partial charge in [0.05, 0.1) is 27.2 Å². The summed E-state index contributed by atoms with van der Waals surface area (Å²) in [6.07, 6.45) is 0. The number of urea groups is 1. The normalized spacial score (nSPS) is 18.5. The SMILES string of the molecule is CCNC(=O)N1C[C@H](c2cc(OC)c(OC)c(OC)c2)[C@H](C(=O)NCC(C)C)C1. The average molecular weight is 408 g/mol. The van der Waals surface area contributed by atoms with E-state index in [1.165, 1.54) is 0 Å². The van der Waals surface area contributed by atoms with E-state index in [-0.39, 0.29) is 23.8 Å². The summed E-state index contributed by atoms with van der Waals surface area (Å²) in [6.45, 7) is 7.89. The molecule has 8 heteroatoms. The fourth-order valence-corrected chi connectivity index (χ4v) is 3.59. The third-order valence-corrected chi connectivity index (χ3v) is 5.07. The van der Waals surface area contributed by atoms with Crippen molar-refractivity contribution in [1.29, 1.82) is 0 Å². The molecule has 2 atom stereocenters. The Balaban J connectivity index is 2.39. The molecule has 3 amide bonds. The van der Waals surface area contributed by atoms with Gasteiger partial charge >= 0.3 is 6.03 Å². The minimum absolute atomic E-state index is 0.0516. The topological polar surface area (TPSA) is 89.1 Å². The van der Waals surface area contributed by atoms with Crippen LogP contribution in [0.1, 0.15) is 32.3 Å². The Kier molecular flexibility index (Phi) is 7.99. The number of benzene rings is 1. The number of nitrogens with zero attached hydrogens (tertiary/aromatic N) is 1. The van der Waals surface area contributed by atoms with Gasteiger partial charge in [0.15, 0.2) is 11.5 Å². The summed E-state index contributed by atoms with van der Waals surface area (Å²) < 4.78 is 16.3. The highest BCUT2D eigenvalue weighted by Crippen LogP contribution is 2.43. The maximum Gasteiger partial charge on any atom is 0.317 e. The van der Waals surface area contributed by atoms with Gasteiger partial charge in [0.1, 0.15) is 0 Å². The lowest BCUT2D eigenvalue weighted by molar-refractivity contribution is -0.125. The molecule has 1 fully saturated rings. The molecule has 2 rings (SSSR count). The monoisotopic (exact) mass is 407 g/mol. The summed E-state index contributed by atoms with van der Waals surface area (Å²) >= 11 is 0. The van der Waals surface area contributed by atoms with Crippen molar-refractivity contribution in [2.75, 3.05) is 47.5 Å². The zero-order valence-electron chi connectivity index (χ0n) is 18.2. The van der Waals surface area contributed by atoms with Crippen molar-refractivity contribution in [3.63, 3.8) is 0 Å².